The van der Waals surface area contributed by atoms with Gasteiger partial charge in [-0.25, -0.2) is 9.59 Å². The number of morpholine rings is 1. The van der Waals surface area contributed by atoms with Crippen LogP contribution in [-0.4, -0.2) is 75.4 Å². The number of esters is 1. The smallest absolute Gasteiger partial charge is 0.338 e. The summed E-state index contributed by atoms with van der Waals surface area (Å²) in [5.74, 6) is 0.289. The van der Waals surface area contributed by atoms with Gasteiger partial charge in [-0.3, -0.25) is 9.80 Å². The molecule has 2 aliphatic rings. The molecule has 1 N–H and O–H groups in total. The number of hydrogen-bond donors (Lipinski definition) is 1. The van der Waals surface area contributed by atoms with Crippen molar-refractivity contribution >= 4 is 12.0 Å². The summed E-state index contributed by atoms with van der Waals surface area (Å²) >= 11 is 0. The molecule has 2 heterocycles. The van der Waals surface area contributed by atoms with Gasteiger partial charge in [0.15, 0.2) is 0 Å². The van der Waals surface area contributed by atoms with Gasteiger partial charge in [0.25, 0.3) is 0 Å². The van der Waals surface area contributed by atoms with E-state index < -0.39 is 12.0 Å². The standard InChI is InChI=1S/C20H27N3O5/c1-4-28-19(24)17-16(13-23-9-11-27-12-10-23)22(2)20(25)21-18(17)14-5-7-15(26-3)8-6-14/h5-8,18H,4,9-13H2,1-3H3,(H,21,25)/t18-/m1/s1. The predicted molar refractivity (Wildman–Crippen MR) is 103 cm³/mol. The van der Waals surface area contributed by atoms with Gasteiger partial charge in [-0.15, -0.1) is 0 Å². The molecule has 0 saturated carbocycles. The number of methoxy groups -OCH3 is 1. The molecule has 0 aliphatic carbocycles. The lowest BCUT2D eigenvalue weighted by Crippen LogP contribution is -2.50. The topological polar surface area (TPSA) is 80.3 Å². The molecule has 1 saturated heterocycles. The quantitative estimate of drug-likeness (QED) is 0.744. The number of likely N-dealkylation sites (N-methyl/N-ethyl adjacent to an activating group) is 1. The predicted octanol–water partition coefficient (Wildman–Crippen LogP) is 1.54. The lowest BCUT2D eigenvalue weighted by atomic mass is 9.94. The van der Waals surface area contributed by atoms with Gasteiger partial charge in [0.05, 0.1) is 38.5 Å². The highest BCUT2D eigenvalue weighted by Gasteiger charge is 2.37. The van der Waals surface area contributed by atoms with Crippen molar-refractivity contribution in [1.82, 2.24) is 15.1 Å². The van der Waals surface area contributed by atoms with Gasteiger partial charge < -0.3 is 19.5 Å². The lowest BCUT2D eigenvalue weighted by molar-refractivity contribution is -0.139. The second-order valence-corrected chi connectivity index (χ2v) is 6.68. The Bertz CT molecular complexity index is 741. The summed E-state index contributed by atoms with van der Waals surface area (Å²) in [4.78, 5) is 29.2. The van der Waals surface area contributed by atoms with Crippen molar-refractivity contribution in [3.63, 3.8) is 0 Å². The highest BCUT2D eigenvalue weighted by Crippen LogP contribution is 2.32. The molecule has 1 atom stereocenters. The molecule has 3 rings (SSSR count). The Morgan fingerprint density at radius 1 is 1.25 bits per heavy atom. The van der Waals surface area contributed by atoms with E-state index >= 15 is 0 Å². The van der Waals surface area contributed by atoms with Crippen LogP contribution in [0.5, 0.6) is 5.75 Å². The van der Waals surface area contributed by atoms with Crippen molar-refractivity contribution in [1.29, 1.82) is 0 Å². The van der Waals surface area contributed by atoms with Crippen molar-refractivity contribution in [2.24, 2.45) is 0 Å². The monoisotopic (exact) mass is 389 g/mol. The van der Waals surface area contributed by atoms with E-state index in [1.165, 1.54) is 4.90 Å². The SMILES string of the molecule is CCOC(=O)C1=C(CN2CCOCC2)N(C)C(=O)N[C@@H]1c1ccc(OC)cc1. The van der Waals surface area contributed by atoms with E-state index in [9.17, 15) is 9.59 Å². The van der Waals surface area contributed by atoms with Crippen LogP contribution in [0.2, 0.25) is 0 Å². The van der Waals surface area contributed by atoms with Gasteiger partial charge in [-0.05, 0) is 24.6 Å². The first-order valence-corrected chi connectivity index (χ1v) is 9.43. The molecule has 0 bridgehead atoms. The van der Waals surface area contributed by atoms with E-state index in [0.29, 0.717) is 36.8 Å². The molecule has 0 radical (unpaired) electrons. The van der Waals surface area contributed by atoms with Gasteiger partial charge in [0.1, 0.15) is 5.75 Å². The normalized spacial score (nSPS) is 20.8. The van der Waals surface area contributed by atoms with E-state index in [-0.39, 0.29) is 12.6 Å². The number of benzene rings is 1. The summed E-state index contributed by atoms with van der Waals surface area (Å²) in [6, 6.07) is 6.48. The van der Waals surface area contributed by atoms with Gasteiger partial charge in [-0.2, -0.15) is 0 Å². The van der Waals surface area contributed by atoms with Crippen LogP contribution in [0.4, 0.5) is 4.79 Å². The molecule has 8 nitrogen and oxygen atoms in total. The molecular weight excluding hydrogens is 362 g/mol. The zero-order valence-electron chi connectivity index (χ0n) is 16.6. The molecule has 1 aromatic rings. The van der Waals surface area contributed by atoms with Crippen LogP contribution in [0.25, 0.3) is 0 Å². The Balaban J connectivity index is 2.02. The van der Waals surface area contributed by atoms with Crippen molar-refractivity contribution in [3.8, 4) is 5.75 Å². The number of nitrogens with one attached hydrogen (secondary N) is 1. The highest BCUT2D eigenvalue weighted by atomic mass is 16.5. The van der Waals surface area contributed by atoms with Gasteiger partial charge in [-0.1, -0.05) is 12.1 Å². The Kier molecular flexibility index (Phi) is 6.53. The number of amides is 2. The van der Waals surface area contributed by atoms with Crippen LogP contribution < -0.4 is 10.1 Å². The van der Waals surface area contributed by atoms with Crippen LogP contribution in [-0.2, 0) is 14.3 Å². The summed E-state index contributed by atoms with van der Waals surface area (Å²) in [6.45, 7) is 5.30. The zero-order chi connectivity index (χ0) is 20.1. The van der Waals surface area contributed by atoms with E-state index in [4.69, 9.17) is 14.2 Å². The van der Waals surface area contributed by atoms with Crippen LogP contribution in [0.3, 0.4) is 0 Å². The first kappa shape index (κ1) is 20.2. The molecule has 2 amide bonds. The molecule has 1 aromatic carbocycles. The lowest BCUT2D eigenvalue weighted by Gasteiger charge is -2.37. The third kappa shape index (κ3) is 4.28. The summed E-state index contributed by atoms with van der Waals surface area (Å²) in [6.07, 6.45) is 0. The molecule has 0 aromatic heterocycles. The first-order chi connectivity index (χ1) is 13.5. The number of rotatable bonds is 6. The van der Waals surface area contributed by atoms with Gasteiger partial charge >= 0.3 is 12.0 Å². The van der Waals surface area contributed by atoms with Crippen LogP contribution in [0.1, 0.15) is 18.5 Å². The van der Waals surface area contributed by atoms with E-state index in [1.807, 2.05) is 24.3 Å². The minimum Gasteiger partial charge on any atom is -0.497 e. The highest BCUT2D eigenvalue weighted by molar-refractivity contribution is 5.95. The number of carbonyl (C=O) groups is 2. The average Bonchev–Trinajstić information content (AvgIpc) is 2.72. The van der Waals surface area contributed by atoms with Crippen molar-refractivity contribution < 1.29 is 23.8 Å². The number of ether oxygens (including phenoxy) is 3. The third-order valence-electron chi connectivity index (χ3n) is 5.00. The molecule has 8 heteroatoms. The summed E-state index contributed by atoms with van der Waals surface area (Å²) in [7, 11) is 3.27. The fraction of sp³-hybridized carbons (Fsp3) is 0.500. The maximum Gasteiger partial charge on any atom is 0.338 e. The summed E-state index contributed by atoms with van der Waals surface area (Å²) < 4.78 is 16.0. The molecule has 28 heavy (non-hydrogen) atoms. The Morgan fingerprint density at radius 2 is 1.93 bits per heavy atom. The van der Waals surface area contributed by atoms with Gasteiger partial charge in [0.2, 0.25) is 0 Å². The van der Waals surface area contributed by atoms with Crippen LogP contribution >= 0.6 is 0 Å². The number of carbonyl (C=O) groups excluding carboxylic acids is 2. The third-order valence-corrected chi connectivity index (χ3v) is 5.00. The summed E-state index contributed by atoms with van der Waals surface area (Å²) in [5, 5.41) is 2.92. The van der Waals surface area contributed by atoms with Crippen molar-refractivity contribution in [2.75, 3.05) is 53.6 Å². The molecule has 0 spiro atoms. The number of urea groups is 1. The molecule has 152 valence electrons. The fourth-order valence-electron chi connectivity index (χ4n) is 3.42. The second kappa shape index (κ2) is 9.07. The largest absolute Gasteiger partial charge is 0.497 e. The van der Waals surface area contributed by atoms with Gasteiger partial charge in [0, 0.05) is 32.4 Å². The van der Waals surface area contributed by atoms with E-state index in [0.717, 1.165) is 18.7 Å². The average molecular weight is 389 g/mol. The van der Waals surface area contributed by atoms with E-state index in [2.05, 4.69) is 10.2 Å². The molecule has 1 fully saturated rings. The molecular formula is C20H27N3O5. The minimum absolute atomic E-state index is 0.253. The van der Waals surface area contributed by atoms with Crippen LogP contribution in [0.15, 0.2) is 35.5 Å². The number of hydrogen-bond acceptors (Lipinski definition) is 6. The van der Waals surface area contributed by atoms with Crippen LogP contribution in [0, 0.1) is 0 Å². The summed E-state index contributed by atoms with van der Waals surface area (Å²) in [5.41, 5.74) is 1.91. The fourth-order valence-corrected chi connectivity index (χ4v) is 3.42. The van der Waals surface area contributed by atoms with Crippen molar-refractivity contribution in [3.05, 3.63) is 41.1 Å². The second-order valence-electron chi connectivity index (χ2n) is 6.68. The van der Waals surface area contributed by atoms with E-state index in [1.54, 1.807) is 21.1 Å². The maximum atomic E-state index is 12.9. The minimum atomic E-state index is -0.579. The molecule has 0 unspecified atom stereocenters. The first-order valence-electron chi connectivity index (χ1n) is 9.43. The Morgan fingerprint density at radius 3 is 2.54 bits per heavy atom. The Hall–Kier alpha value is -2.58. The maximum absolute atomic E-state index is 12.9. The molecule has 2 aliphatic heterocycles. The number of nitrogens with zero attached hydrogens (tertiary/aromatic N) is 2. The Labute approximate surface area is 165 Å². The van der Waals surface area contributed by atoms with Crippen molar-refractivity contribution in [2.45, 2.75) is 13.0 Å². The zero-order valence-corrected chi connectivity index (χ0v) is 16.6.